The molecule has 3 saturated carbocycles. The van der Waals surface area contributed by atoms with Crippen LogP contribution in [0.5, 0.6) is 0 Å². The van der Waals surface area contributed by atoms with Crippen LogP contribution in [0.3, 0.4) is 0 Å². The van der Waals surface area contributed by atoms with E-state index >= 15 is 0 Å². The smallest absolute Gasteiger partial charge is 0.0148 e. The molecule has 0 N–H and O–H groups in total. The minimum absolute atomic E-state index is 0.840. The third kappa shape index (κ3) is 2.46. The molecular weight excluding hydrogens is 272 g/mol. The van der Waals surface area contributed by atoms with E-state index < -0.39 is 0 Å². The molecule has 0 aromatic heterocycles. The van der Waals surface area contributed by atoms with Crippen molar-refractivity contribution in [3.63, 3.8) is 0 Å². The van der Waals surface area contributed by atoms with Crippen LogP contribution in [0.2, 0.25) is 0 Å². The van der Waals surface area contributed by atoms with Gasteiger partial charge in [0.15, 0.2) is 0 Å². The molecule has 3 aliphatic rings. The van der Waals surface area contributed by atoms with Crippen LogP contribution in [-0.2, 0) is 0 Å². The van der Waals surface area contributed by atoms with Gasteiger partial charge in [-0.1, -0.05) is 35.7 Å². The Labute approximate surface area is 115 Å². The third-order valence-electron chi connectivity index (χ3n) is 6.16. The summed E-state index contributed by atoms with van der Waals surface area (Å²) in [6, 6.07) is 0. The van der Waals surface area contributed by atoms with Crippen LogP contribution in [0.1, 0.15) is 64.7 Å². The zero-order chi connectivity index (χ0) is 11.8. The minimum Gasteiger partial charge on any atom is -0.0891 e. The lowest BCUT2D eigenvalue weighted by Gasteiger charge is -2.50. The molecule has 0 amide bonds. The highest BCUT2D eigenvalue weighted by Crippen LogP contribution is 2.53. The van der Waals surface area contributed by atoms with Crippen molar-refractivity contribution < 1.29 is 0 Å². The van der Waals surface area contributed by atoms with E-state index in [1.54, 1.807) is 32.1 Å². The van der Waals surface area contributed by atoms with Gasteiger partial charge in [-0.25, -0.2) is 0 Å². The van der Waals surface area contributed by atoms with E-state index in [1.165, 1.54) is 25.7 Å². The second kappa shape index (κ2) is 5.23. The van der Waals surface area contributed by atoms with Crippen molar-refractivity contribution in [2.75, 3.05) is 0 Å². The summed E-state index contributed by atoms with van der Waals surface area (Å²) in [5, 5.41) is 0. The van der Waals surface area contributed by atoms with Gasteiger partial charge < -0.3 is 0 Å². The van der Waals surface area contributed by atoms with Crippen LogP contribution in [0.25, 0.3) is 0 Å². The van der Waals surface area contributed by atoms with Crippen LogP contribution >= 0.6 is 15.9 Å². The molecule has 0 radical (unpaired) electrons. The SMILES string of the molecule is CC[C@@H]1CCC2C(CCC3C[C@H](Br)CCC32)C1. The second-order valence-electron chi connectivity index (χ2n) is 6.92. The molecule has 3 aliphatic carbocycles. The zero-order valence-corrected chi connectivity index (χ0v) is 12.8. The molecule has 4 unspecified atom stereocenters. The van der Waals surface area contributed by atoms with Gasteiger partial charge in [-0.2, -0.15) is 0 Å². The molecule has 0 heterocycles. The van der Waals surface area contributed by atoms with Crippen molar-refractivity contribution in [3.8, 4) is 0 Å². The normalized spacial score (nSPS) is 50.5. The van der Waals surface area contributed by atoms with Crippen molar-refractivity contribution in [3.05, 3.63) is 0 Å². The molecule has 0 aliphatic heterocycles. The first-order chi connectivity index (χ1) is 8.28. The molecule has 0 nitrogen and oxygen atoms in total. The molecule has 1 heteroatoms. The van der Waals surface area contributed by atoms with Gasteiger partial charge in [0, 0.05) is 4.83 Å². The predicted octanol–water partition coefficient (Wildman–Crippen LogP) is 5.40. The lowest BCUT2D eigenvalue weighted by Crippen LogP contribution is -2.41. The van der Waals surface area contributed by atoms with Gasteiger partial charge >= 0.3 is 0 Å². The van der Waals surface area contributed by atoms with E-state index in [0.717, 1.165) is 34.4 Å². The number of hydrogen-bond donors (Lipinski definition) is 0. The summed E-state index contributed by atoms with van der Waals surface area (Å²) in [6.45, 7) is 2.40. The predicted molar refractivity (Wildman–Crippen MR) is 77.4 cm³/mol. The van der Waals surface area contributed by atoms with Gasteiger partial charge in [0.2, 0.25) is 0 Å². The molecule has 0 aromatic carbocycles. The van der Waals surface area contributed by atoms with Crippen molar-refractivity contribution in [2.45, 2.75) is 69.5 Å². The van der Waals surface area contributed by atoms with Gasteiger partial charge in [0.1, 0.15) is 0 Å². The maximum atomic E-state index is 3.86. The Kier molecular flexibility index (Phi) is 3.85. The van der Waals surface area contributed by atoms with E-state index in [-0.39, 0.29) is 0 Å². The molecule has 3 rings (SSSR count). The Bertz CT molecular complexity index is 262. The van der Waals surface area contributed by atoms with E-state index in [2.05, 4.69) is 22.9 Å². The topological polar surface area (TPSA) is 0 Å². The van der Waals surface area contributed by atoms with Gasteiger partial charge in [-0.05, 0) is 74.5 Å². The van der Waals surface area contributed by atoms with Gasteiger partial charge in [-0.3, -0.25) is 0 Å². The van der Waals surface area contributed by atoms with Gasteiger partial charge in [-0.15, -0.1) is 0 Å². The highest BCUT2D eigenvalue weighted by Gasteiger charge is 2.43. The minimum atomic E-state index is 0.840. The molecular formula is C16H27Br. The first-order valence-corrected chi connectivity index (χ1v) is 8.83. The van der Waals surface area contributed by atoms with Crippen LogP contribution in [0.4, 0.5) is 0 Å². The van der Waals surface area contributed by atoms with Crippen molar-refractivity contribution in [1.29, 1.82) is 0 Å². The Hall–Kier alpha value is 0.480. The average Bonchev–Trinajstić information content (AvgIpc) is 2.37. The van der Waals surface area contributed by atoms with Crippen molar-refractivity contribution in [2.24, 2.45) is 29.6 Å². The van der Waals surface area contributed by atoms with E-state index in [0.29, 0.717) is 0 Å². The Morgan fingerprint density at radius 1 is 0.824 bits per heavy atom. The number of fused-ring (bicyclic) bond motifs is 3. The van der Waals surface area contributed by atoms with Gasteiger partial charge in [0.05, 0.1) is 0 Å². The molecule has 0 bridgehead atoms. The van der Waals surface area contributed by atoms with Crippen LogP contribution < -0.4 is 0 Å². The molecule has 17 heavy (non-hydrogen) atoms. The fraction of sp³-hybridized carbons (Fsp3) is 1.00. The Balaban J connectivity index is 1.67. The summed E-state index contributed by atoms with van der Waals surface area (Å²) in [7, 11) is 0. The fourth-order valence-electron chi connectivity index (χ4n) is 5.20. The van der Waals surface area contributed by atoms with E-state index in [1.807, 2.05) is 0 Å². The quantitative estimate of drug-likeness (QED) is 0.568. The lowest BCUT2D eigenvalue weighted by atomic mass is 9.56. The summed E-state index contributed by atoms with van der Waals surface area (Å²) < 4.78 is 0. The van der Waals surface area contributed by atoms with Crippen LogP contribution in [-0.4, -0.2) is 4.83 Å². The van der Waals surface area contributed by atoms with Crippen LogP contribution in [0, 0.1) is 29.6 Å². The Morgan fingerprint density at radius 3 is 2.18 bits per heavy atom. The molecule has 0 saturated heterocycles. The van der Waals surface area contributed by atoms with E-state index in [9.17, 15) is 0 Å². The highest BCUT2D eigenvalue weighted by molar-refractivity contribution is 9.09. The largest absolute Gasteiger partial charge is 0.0891 e. The average molecular weight is 299 g/mol. The molecule has 6 atom stereocenters. The van der Waals surface area contributed by atoms with Crippen LogP contribution in [0.15, 0.2) is 0 Å². The van der Waals surface area contributed by atoms with Gasteiger partial charge in [0.25, 0.3) is 0 Å². The van der Waals surface area contributed by atoms with Crippen molar-refractivity contribution >= 4 is 15.9 Å². The number of alkyl halides is 1. The van der Waals surface area contributed by atoms with Crippen molar-refractivity contribution in [1.82, 2.24) is 0 Å². The molecule has 0 spiro atoms. The maximum absolute atomic E-state index is 3.86. The standard InChI is InChI=1S/C16H27Br/c1-2-11-3-7-15-12(9-11)4-5-13-10-14(17)6-8-16(13)15/h11-16H,2-10H2,1H3/t11-,12?,13?,14-,15?,16?/m1/s1. The third-order valence-corrected chi connectivity index (χ3v) is 6.99. The molecule has 98 valence electrons. The fourth-order valence-corrected chi connectivity index (χ4v) is 5.95. The monoisotopic (exact) mass is 298 g/mol. The summed E-state index contributed by atoms with van der Waals surface area (Å²) in [5.74, 6) is 5.49. The number of hydrogen-bond acceptors (Lipinski definition) is 0. The summed E-state index contributed by atoms with van der Waals surface area (Å²) in [5.41, 5.74) is 0. The first kappa shape index (κ1) is 12.5. The first-order valence-electron chi connectivity index (χ1n) is 7.92. The molecule has 3 fully saturated rings. The maximum Gasteiger partial charge on any atom is 0.0148 e. The number of halogens is 1. The zero-order valence-electron chi connectivity index (χ0n) is 11.2. The summed E-state index contributed by atoms with van der Waals surface area (Å²) in [4.78, 5) is 0.840. The number of rotatable bonds is 1. The second-order valence-corrected chi connectivity index (χ2v) is 8.22. The molecule has 0 aromatic rings. The highest BCUT2D eigenvalue weighted by atomic mass is 79.9. The lowest BCUT2D eigenvalue weighted by molar-refractivity contribution is 0.0130. The summed E-state index contributed by atoms with van der Waals surface area (Å²) >= 11 is 3.86. The van der Waals surface area contributed by atoms with E-state index in [4.69, 9.17) is 0 Å². The summed E-state index contributed by atoms with van der Waals surface area (Å²) in [6.07, 6.45) is 13.7. The Morgan fingerprint density at radius 2 is 1.47 bits per heavy atom.